The number of rotatable bonds is 5. The quantitative estimate of drug-likeness (QED) is 0.105. The molecule has 3 aliphatic heterocycles. The highest BCUT2D eigenvalue weighted by atomic mass is 32.1. The molecule has 0 bridgehead atoms. The van der Waals surface area contributed by atoms with Gasteiger partial charge in [0, 0.05) is 72.2 Å². The average molecular weight is 986 g/mol. The van der Waals surface area contributed by atoms with Gasteiger partial charge in [-0.1, -0.05) is 168 Å². The van der Waals surface area contributed by atoms with Gasteiger partial charge in [-0.3, -0.25) is 0 Å². The highest BCUT2D eigenvalue weighted by Crippen LogP contribution is 2.60. The summed E-state index contributed by atoms with van der Waals surface area (Å²) in [6.07, 6.45) is 13.5. The zero-order chi connectivity index (χ0) is 50.6. The SMILES string of the molecule is CCCC1c2ccccc2N(c2cc3c4c(c2)N(c2ccc(C(C)(C)C)cc2)c2c(sc5c2C=C2C(S)C6C=CCCC6C(C)(C)C2C5)B4c2cc(C(C)(C)C)ccc2N3c2ccc(C(C)(C)C)cc2)C1C. The minimum atomic E-state index is -0.0268. The van der Waals surface area contributed by atoms with Gasteiger partial charge in [0.05, 0.1) is 5.69 Å². The van der Waals surface area contributed by atoms with E-state index in [-0.39, 0.29) is 33.6 Å². The number of thiophene rings is 1. The molecule has 6 aromatic rings. The van der Waals surface area contributed by atoms with E-state index >= 15 is 0 Å². The van der Waals surface area contributed by atoms with Crippen LogP contribution in [-0.2, 0) is 22.7 Å². The molecule has 6 atom stereocenters. The van der Waals surface area contributed by atoms with Crippen LogP contribution in [0.25, 0.3) is 6.08 Å². The third-order valence-corrected chi connectivity index (χ3v) is 20.3. The molecule has 6 aliphatic rings. The number of allylic oxidation sites excluding steroid dienone is 2. The van der Waals surface area contributed by atoms with E-state index in [0.717, 1.165) is 19.3 Å². The Hall–Kier alpha value is -4.91. The summed E-state index contributed by atoms with van der Waals surface area (Å²) in [7, 11) is 0. The first kappa shape index (κ1) is 48.1. The maximum atomic E-state index is 5.63. The summed E-state index contributed by atoms with van der Waals surface area (Å²) >= 11 is 7.75. The molecule has 72 heavy (non-hydrogen) atoms. The average Bonchev–Trinajstić information content (AvgIpc) is 3.85. The van der Waals surface area contributed by atoms with Crippen LogP contribution in [0.4, 0.5) is 45.5 Å². The topological polar surface area (TPSA) is 9.72 Å². The zero-order valence-electron chi connectivity index (χ0n) is 45.3. The van der Waals surface area contributed by atoms with Crippen molar-refractivity contribution in [2.45, 2.75) is 156 Å². The van der Waals surface area contributed by atoms with Gasteiger partial charge >= 0.3 is 0 Å². The molecule has 12 rings (SSSR count). The molecular weight excluding hydrogens is 910 g/mol. The van der Waals surface area contributed by atoms with E-state index in [0.29, 0.717) is 29.7 Å². The molecule has 3 aliphatic carbocycles. The monoisotopic (exact) mass is 986 g/mol. The zero-order valence-corrected chi connectivity index (χ0v) is 47.0. The van der Waals surface area contributed by atoms with Gasteiger partial charge in [-0.2, -0.15) is 24.0 Å². The second kappa shape index (κ2) is 16.8. The van der Waals surface area contributed by atoms with E-state index in [2.05, 4.69) is 237 Å². The molecule has 6 unspecified atom stereocenters. The number of anilines is 8. The van der Waals surface area contributed by atoms with Crippen LogP contribution in [-0.4, -0.2) is 18.0 Å². The Bertz CT molecular complexity index is 3190. The van der Waals surface area contributed by atoms with Crippen LogP contribution < -0.4 is 30.4 Å². The first-order chi connectivity index (χ1) is 34.2. The highest BCUT2D eigenvalue weighted by molar-refractivity contribution is 7.81. The van der Waals surface area contributed by atoms with Crippen LogP contribution >= 0.6 is 24.0 Å². The van der Waals surface area contributed by atoms with Crippen LogP contribution in [0.15, 0.2) is 121 Å². The standard InChI is InChI=1S/C66H76BN3S2/c1-14-19-46-39(2)68(54-23-18-16-20-47(46)54)45-35-56-59-57(36-45)70(44-31-26-41(27-32-44)64(6,7)8)60-50-37-49-52(66(12,13)51-22-17-15-21-48(51)61(49)71)38-58(50)72-62(60)67(59)53-34-42(65(9,10)11)28-33-55(53)69(56)43-29-24-40(25-30-43)63(3,4)5/h15-16,18,20-21,23-37,39,46,48,51-52,61,71H,14,17,19,22,38H2,1-13H3. The minimum absolute atomic E-state index is 0.0268. The Balaban J connectivity index is 1.18. The van der Waals surface area contributed by atoms with E-state index in [1.54, 1.807) is 5.57 Å². The van der Waals surface area contributed by atoms with E-state index < -0.39 is 0 Å². The number of para-hydroxylation sites is 1. The van der Waals surface area contributed by atoms with Gasteiger partial charge in [-0.15, -0.1) is 0 Å². The maximum absolute atomic E-state index is 5.63. The largest absolute Gasteiger partial charge is 0.338 e. The lowest BCUT2D eigenvalue weighted by molar-refractivity contribution is 0.0612. The second-order valence-electron chi connectivity index (χ2n) is 26.2. The number of nitrogens with zero attached hydrogens (tertiary/aromatic N) is 3. The summed E-state index contributed by atoms with van der Waals surface area (Å²) in [6.45, 7) is 31.2. The molecule has 3 nitrogen and oxygen atoms in total. The van der Waals surface area contributed by atoms with Gasteiger partial charge in [0.25, 0.3) is 6.71 Å². The smallest absolute Gasteiger partial charge is 0.264 e. The molecule has 1 fully saturated rings. The third-order valence-electron chi connectivity index (χ3n) is 18.4. The Morgan fingerprint density at radius 2 is 1.32 bits per heavy atom. The third kappa shape index (κ3) is 7.32. The normalized spacial score (nSPS) is 23.7. The van der Waals surface area contributed by atoms with Crippen molar-refractivity contribution in [1.29, 1.82) is 0 Å². The van der Waals surface area contributed by atoms with Crippen LogP contribution in [0.3, 0.4) is 0 Å². The van der Waals surface area contributed by atoms with Crippen molar-refractivity contribution in [1.82, 2.24) is 0 Å². The van der Waals surface area contributed by atoms with Crippen molar-refractivity contribution in [2.75, 3.05) is 14.7 Å². The van der Waals surface area contributed by atoms with E-state index in [1.165, 1.54) is 107 Å². The van der Waals surface area contributed by atoms with Gasteiger partial charge in [0.1, 0.15) is 0 Å². The summed E-state index contributed by atoms with van der Waals surface area (Å²) < 4.78 is 1.47. The predicted molar refractivity (Wildman–Crippen MR) is 317 cm³/mol. The molecule has 0 N–H and O–H groups in total. The van der Waals surface area contributed by atoms with Gasteiger partial charge in [-0.05, 0) is 154 Å². The second-order valence-corrected chi connectivity index (χ2v) is 27.9. The van der Waals surface area contributed by atoms with Crippen molar-refractivity contribution < 1.29 is 0 Å². The van der Waals surface area contributed by atoms with Crippen molar-refractivity contribution in [2.24, 2.45) is 23.2 Å². The first-order valence-corrected chi connectivity index (χ1v) is 28.7. The van der Waals surface area contributed by atoms with Crippen molar-refractivity contribution in [3.8, 4) is 0 Å². The molecule has 0 radical (unpaired) electrons. The fraction of sp³-hybridized carbons (Fsp3) is 0.424. The molecule has 0 amide bonds. The van der Waals surface area contributed by atoms with E-state index in [1.807, 2.05) is 0 Å². The Kier molecular flexibility index (Phi) is 11.2. The molecule has 6 heteroatoms. The number of thiol groups is 1. The van der Waals surface area contributed by atoms with Gasteiger partial charge < -0.3 is 14.7 Å². The summed E-state index contributed by atoms with van der Waals surface area (Å²) in [6, 6.07) is 41.5. The molecular formula is C66H76BN3S2. The summed E-state index contributed by atoms with van der Waals surface area (Å²) in [5.74, 6) is 1.99. The van der Waals surface area contributed by atoms with Crippen molar-refractivity contribution in [3.05, 3.63) is 154 Å². The van der Waals surface area contributed by atoms with Gasteiger partial charge in [-0.25, -0.2) is 0 Å². The lowest BCUT2D eigenvalue weighted by Crippen LogP contribution is -2.60. The Labute approximate surface area is 442 Å². The van der Waals surface area contributed by atoms with Crippen LogP contribution in [0.2, 0.25) is 0 Å². The fourth-order valence-electron chi connectivity index (χ4n) is 14.4. The lowest BCUT2D eigenvalue weighted by atomic mass is 9.36. The highest BCUT2D eigenvalue weighted by Gasteiger charge is 2.54. The molecule has 1 aromatic heterocycles. The number of hydrogen-bond donors (Lipinski definition) is 1. The number of hydrogen-bond acceptors (Lipinski definition) is 5. The Morgan fingerprint density at radius 3 is 1.96 bits per heavy atom. The molecule has 0 spiro atoms. The van der Waals surface area contributed by atoms with Gasteiger partial charge in [0.2, 0.25) is 0 Å². The Morgan fingerprint density at radius 1 is 0.708 bits per heavy atom. The van der Waals surface area contributed by atoms with Gasteiger partial charge in [0.15, 0.2) is 0 Å². The molecule has 4 heterocycles. The minimum Gasteiger partial charge on any atom is -0.338 e. The predicted octanol–water partition coefficient (Wildman–Crippen LogP) is 16.6. The van der Waals surface area contributed by atoms with Crippen molar-refractivity contribution >= 4 is 98.0 Å². The van der Waals surface area contributed by atoms with Crippen molar-refractivity contribution in [3.63, 3.8) is 0 Å². The van der Waals surface area contributed by atoms with Crippen LogP contribution in [0, 0.1) is 23.2 Å². The van der Waals surface area contributed by atoms with Crippen LogP contribution in [0.1, 0.15) is 154 Å². The maximum Gasteiger partial charge on any atom is 0.264 e. The summed E-state index contributed by atoms with van der Waals surface area (Å²) in [4.78, 5) is 9.61. The number of fused-ring (bicyclic) bond motifs is 9. The molecule has 1 saturated carbocycles. The summed E-state index contributed by atoms with van der Waals surface area (Å²) in [5.41, 5.74) is 21.8. The number of benzene rings is 5. The molecule has 5 aromatic carbocycles. The lowest BCUT2D eigenvalue weighted by Gasteiger charge is -2.54. The molecule has 0 saturated heterocycles. The fourth-order valence-corrected chi connectivity index (χ4v) is 16.4. The molecule has 370 valence electrons. The summed E-state index contributed by atoms with van der Waals surface area (Å²) in [5, 5.41) is 0.206. The van der Waals surface area contributed by atoms with E-state index in [4.69, 9.17) is 12.6 Å². The van der Waals surface area contributed by atoms with Crippen LogP contribution in [0.5, 0.6) is 0 Å². The first-order valence-electron chi connectivity index (χ1n) is 27.4. The van der Waals surface area contributed by atoms with E-state index in [9.17, 15) is 0 Å².